The highest BCUT2D eigenvalue weighted by Crippen LogP contribution is 2.40. The zero-order valence-corrected chi connectivity index (χ0v) is 17.2. The summed E-state index contributed by atoms with van der Waals surface area (Å²) in [6.45, 7) is 4.43. The fourth-order valence-corrected chi connectivity index (χ4v) is 5.02. The predicted octanol–water partition coefficient (Wildman–Crippen LogP) is 4.55. The van der Waals surface area contributed by atoms with Gasteiger partial charge in [-0.15, -0.1) is 24.2 Å². The van der Waals surface area contributed by atoms with Crippen LogP contribution in [0.15, 0.2) is 27.6 Å². The van der Waals surface area contributed by atoms with E-state index in [4.69, 9.17) is 0 Å². The molecule has 1 fully saturated rings. The topological polar surface area (TPSA) is 41.1 Å². The van der Waals surface area contributed by atoms with Crippen LogP contribution in [0.3, 0.4) is 0 Å². The van der Waals surface area contributed by atoms with Gasteiger partial charge in [-0.25, -0.2) is 0 Å². The van der Waals surface area contributed by atoms with Gasteiger partial charge >= 0.3 is 0 Å². The second-order valence-electron chi connectivity index (χ2n) is 6.75. The number of hydrogen-bond donors (Lipinski definition) is 2. The van der Waals surface area contributed by atoms with Crippen molar-refractivity contribution in [2.75, 3.05) is 18.8 Å². The van der Waals surface area contributed by atoms with Gasteiger partial charge in [0.25, 0.3) is 0 Å². The van der Waals surface area contributed by atoms with Crippen LogP contribution in [0.2, 0.25) is 0 Å². The average molecular weight is 434 g/mol. The van der Waals surface area contributed by atoms with Crippen LogP contribution in [0.5, 0.6) is 0 Å². The van der Waals surface area contributed by atoms with Gasteiger partial charge in [0.15, 0.2) is 0 Å². The smallest absolute Gasteiger partial charge is 0.220 e. The molecule has 0 bridgehead atoms. The molecular formula is C18H26BrClN2OS. The maximum Gasteiger partial charge on any atom is 0.220 e. The maximum absolute atomic E-state index is 12.4. The Hall–Kier alpha value is -0.230. The van der Waals surface area contributed by atoms with Gasteiger partial charge in [0.2, 0.25) is 5.91 Å². The molecule has 2 aliphatic heterocycles. The molecule has 0 aliphatic carbocycles. The first-order valence-corrected chi connectivity index (χ1v) is 10.3. The van der Waals surface area contributed by atoms with Crippen molar-refractivity contribution in [1.29, 1.82) is 0 Å². The summed E-state index contributed by atoms with van der Waals surface area (Å²) in [4.78, 5) is 13.7. The lowest BCUT2D eigenvalue weighted by Crippen LogP contribution is -2.36. The van der Waals surface area contributed by atoms with Crippen LogP contribution < -0.4 is 10.6 Å². The Morgan fingerprint density at radius 3 is 2.88 bits per heavy atom. The number of piperidine rings is 1. The SMILES string of the molecule is CC1CSc2ccc(Br)cc2C1NC(=O)CCC1CCNCC1.Cl. The Balaban J connectivity index is 0.00000208. The fraction of sp³-hybridized carbons (Fsp3) is 0.611. The Bertz CT molecular complexity index is 566. The third-order valence-electron chi connectivity index (χ3n) is 4.93. The summed E-state index contributed by atoms with van der Waals surface area (Å²) in [5.41, 5.74) is 1.26. The van der Waals surface area contributed by atoms with Crippen LogP contribution in [-0.2, 0) is 4.79 Å². The molecule has 3 rings (SSSR count). The van der Waals surface area contributed by atoms with E-state index in [9.17, 15) is 4.79 Å². The van der Waals surface area contributed by atoms with E-state index >= 15 is 0 Å². The second-order valence-corrected chi connectivity index (χ2v) is 8.73. The molecule has 2 aliphatic rings. The number of benzene rings is 1. The standard InChI is InChI=1S/C18H25BrN2OS.ClH/c1-12-11-23-16-4-3-14(19)10-15(16)18(12)21-17(22)5-2-13-6-8-20-9-7-13;/h3-4,10,12-13,18,20H,2,5-9,11H2,1H3,(H,21,22);1H. The lowest BCUT2D eigenvalue weighted by Gasteiger charge is -2.32. The van der Waals surface area contributed by atoms with Crippen LogP contribution in [0, 0.1) is 11.8 Å². The molecule has 1 amide bonds. The van der Waals surface area contributed by atoms with Crippen LogP contribution >= 0.6 is 40.1 Å². The van der Waals surface area contributed by atoms with Gasteiger partial charge in [-0.3, -0.25) is 4.79 Å². The Labute approximate surface area is 163 Å². The van der Waals surface area contributed by atoms with E-state index in [1.807, 2.05) is 11.8 Å². The average Bonchev–Trinajstić information content (AvgIpc) is 2.57. The van der Waals surface area contributed by atoms with Gasteiger partial charge in [0, 0.05) is 21.5 Å². The molecule has 1 aromatic carbocycles. The van der Waals surface area contributed by atoms with Gasteiger partial charge in [0.05, 0.1) is 6.04 Å². The van der Waals surface area contributed by atoms with Gasteiger partial charge in [-0.2, -0.15) is 0 Å². The number of halogens is 2. The number of carbonyl (C=O) groups is 1. The molecule has 2 N–H and O–H groups in total. The van der Waals surface area contributed by atoms with Crippen molar-refractivity contribution in [3.8, 4) is 0 Å². The molecular weight excluding hydrogens is 408 g/mol. The summed E-state index contributed by atoms with van der Waals surface area (Å²) >= 11 is 5.45. The van der Waals surface area contributed by atoms with Crippen molar-refractivity contribution in [2.24, 2.45) is 11.8 Å². The number of carbonyl (C=O) groups excluding carboxylic acids is 1. The molecule has 0 radical (unpaired) electrons. The minimum absolute atomic E-state index is 0. The first-order valence-electron chi connectivity index (χ1n) is 8.56. The third-order valence-corrected chi connectivity index (χ3v) is 6.80. The first kappa shape index (κ1) is 20.1. The van der Waals surface area contributed by atoms with Crippen molar-refractivity contribution in [1.82, 2.24) is 10.6 Å². The first-order chi connectivity index (χ1) is 11.1. The number of thioether (sulfide) groups is 1. The fourth-order valence-electron chi connectivity index (χ4n) is 3.49. The lowest BCUT2D eigenvalue weighted by molar-refractivity contribution is -0.122. The highest BCUT2D eigenvalue weighted by molar-refractivity contribution is 9.10. The van der Waals surface area contributed by atoms with Crippen LogP contribution in [0.1, 0.15) is 44.2 Å². The highest BCUT2D eigenvalue weighted by atomic mass is 79.9. The molecule has 1 aromatic rings. The summed E-state index contributed by atoms with van der Waals surface area (Å²) in [7, 11) is 0. The van der Waals surface area contributed by atoms with Crippen molar-refractivity contribution < 1.29 is 4.79 Å². The van der Waals surface area contributed by atoms with Gasteiger partial charge in [0.1, 0.15) is 0 Å². The predicted molar refractivity (Wildman–Crippen MR) is 107 cm³/mol. The van der Waals surface area contributed by atoms with E-state index in [0.717, 1.165) is 29.7 Å². The minimum atomic E-state index is 0. The maximum atomic E-state index is 12.4. The molecule has 3 nitrogen and oxygen atoms in total. The zero-order valence-electron chi connectivity index (χ0n) is 14.0. The summed E-state index contributed by atoms with van der Waals surface area (Å²) in [5.74, 6) is 2.44. The van der Waals surface area contributed by atoms with Crippen LogP contribution in [0.25, 0.3) is 0 Å². The van der Waals surface area contributed by atoms with Crippen molar-refractivity contribution in [3.05, 3.63) is 28.2 Å². The van der Waals surface area contributed by atoms with Crippen LogP contribution in [0.4, 0.5) is 0 Å². The number of fused-ring (bicyclic) bond motifs is 1. The highest BCUT2D eigenvalue weighted by Gasteiger charge is 2.28. The van der Waals surface area contributed by atoms with E-state index in [0.29, 0.717) is 18.3 Å². The summed E-state index contributed by atoms with van der Waals surface area (Å²) in [6.07, 6.45) is 4.10. The molecule has 0 aromatic heterocycles. The zero-order chi connectivity index (χ0) is 16.2. The molecule has 2 heterocycles. The number of rotatable bonds is 4. The number of hydrogen-bond acceptors (Lipinski definition) is 3. The van der Waals surface area contributed by atoms with Crippen LogP contribution in [-0.4, -0.2) is 24.7 Å². The molecule has 1 saturated heterocycles. The second kappa shape index (κ2) is 9.46. The molecule has 0 saturated carbocycles. The Kier molecular flexibility index (Phi) is 7.92. The summed E-state index contributed by atoms with van der Waals surface area (Å²) in [5, 5.41) is 6.69. The van der Waals surface area contributed by atoms with Gasteiger partial charge < -0.3 is 10.6 Å². The molecule has 0 spiro atoms. The Morgan fingerprint density at radius 2 is 2.12 bits per heavy atom. The Morgan fingerprint density at radius 1 is 1.38 bits per heavy atom. The molecule has 2 atom stereocenters. The van der Waals surface area contributed by atoms with E-state index in [2.05, 4.69) is 51.7 Å². The molecule has 2 unspecified atom stereocenters. The van der Waals surface area contributed by atoms with E-state index < -0.39 is 0 Å². The minimum Gasteiger partial charge on any atom is -0.349 e. The molecule has 24 heavy (non-hydrogen) atoms. The van der Waals surface area contributed by atoms with Crippen molar-refractivity contribution in [2.45, 2.75) is 43.5 Å². The van der Waals surface area contributed by atoms with Crippen molar-refractivity contribution in [3.63, 3.8) is 0 Å². The third kappa shape index (κ3) is 5.13. The largest absolute Gasteiger partial charge is 0.349 e. The van der Waals surface area contributed by atoms with Gasteiger partial charge in [-0.1, -0.05) is 22.9 Å². The number of amides is 1. The molecule has 6 heteroatoms. The lowest BCUT2D eigenvalue weighted by atomic mass is 9.92. The van der Waals surface area contributed by atoms with E-state index in [1.165, 1.54) is 23.3 Å². The normalized spacial score (nSPS) is 23.9. The molecule has 134 valence electrons. The summed E-state index contributed by atoms with van der Waals surface area (Å²) < 4.78 is 1.08. The van der Waals surface area contributed by atoms with Gasteiger partial charge in [-0.05, 0) is 68.0 Å². The van der Waals surface area contributed by atoms with Crippen molar-refractivity contribution >= 4 is 46.0 Å². The van der Waals surface area contributed by atoms with E-state index in [-0.39, 0.29) is 24.4 Å². The van der Waals surface area contributed by atoms with E-state index in [1.54, 1.807) is 0 Å². The summed E-state index contributed by atoms with van der Waals surface area (Å²) in [6, 6.07) is 6.54. The number of nitrogens with one attached hydrogen (secondary N) is 2. The quantitative estimate of drug-likeness (QED) is 0.732. The monoisotopic (exact) mass is 432 g/mol.